The minimum Gasteiger partial charge on any atom is -0.497 e. The van der Waals surface area contributed by atoms with Gasteiger partial charge in [0.05, 0.1) is 13.7 Å². The minimum atomic E-state index is 0.193. The summed E-state index contributed by atoms with van der Waals surface area (Å²) < 4.78 is 5.26. The number of amides is 1. The van der Waals surface area contributed by atoms with Crippen molar-refractivity contribution in [3.05, 3.63) is 24.3 Å². The highest BCUT2D eigenvalue weighted by atomic mass is 32.2. The van der Waals surface area contributed by atoms with E-state index in [9.17, 15) is 4.79 Å². The summed E-state index contributed by atoms with van der Waals surface area (Å²) in [4.78, 5) is 16.8. The number of anilines is 1. The first kappa shape index (κ1) is 16.0. The van der Waals surface area contributed by atoms with Crippen LogP contribution in [0.5, 0.6) is 5.75 Å². The molecule has 0 spiro atoms. The molecule has 2 aliphatic rings. The maximum Gasteiger partial charge on any atom is 0.241 e. The standard InChI is InChI=1S/C16H22N2O2S2/c1-20-15-4-2-3-13(9-15)18-6-5-17(10-16(18)19)14-11-21-7-8-22-12-14/h2-4,9,14H,5-8,10-12H2,1H3. The van der Waals surface area contributed by atoms with Gasteiger partial charge < -0.3 is 9.64 Å². The quantitative estimate of drug-likeness (QED) is 0.844. The Balaban J connectivity index is 1.65. The lowest BCUT2D eigenvalue weighted by Crippen LogP contribution is -2.54. The van der Waals surface area contributed by atoms with Crippen molar-refractivity contribution in [2.24, 2.45) is 0 Å². The molecule has 1 amide bonds. The van der Waals surface area contributed by atoms with Gasteiger partial charge in [-0.25, -0.2) is 0 Å². The van der Waals surface area contributed by atoms with E-state index in [2.05, 4.69) is 4.90 Å². The van der Waals surface area contributed by atoms with Crippen LogP contribution in [0.2, 0.25) is 0 Å². The molecule has 3 rings (SSSR count). The summed E-state index contributed by atoms with van der Waals surface area (Å²) in [5.74, 6) is 5.76. The fourth-order valence-corrected chi connectivity index (χ4v) is 5.50. The van der Waals surface area contributed by atoms with E-state index in [0.29, 0.717) is 12.6 Å². The van der Waals surface area contributed by atoms with Crippen molar-refractivity contribution in [3.8, 4) is 5.75 Å². The van der Waals surface area contributed by atoms with E-state index in [1.165, 1.54) is 11.5 Å². The average Bonchev–Trinajstić information content (AvgIpc) is 2.84. The Labute approximate surface area is 140 Å². The van der Waals surface area contributed by atoms with Crippen LogP contribution in [0.15, 0.2) is 24.3 Å². The first-order valence-corrected chi connectivity index (χ1v) is 9.93. The van der Waals surface area contributed by atoms with Gasteiger partial charge in [0.15, 0.2) is 0 Å². The van der Waals surface area contributed by atoms with Crippen LogP contribution >= 0.6 is 23.5 Å². The summed E-state index contributed by atoms with van der Waals surface area (Å²) in [6, 6.07) is 8.29. The molecule has 2 heterocycles. The molecule has 0 saturated carbocycles. The Morgan fingerprint density at radius 3 is 2.64 bits per heavy atom. The first-order chi connectivity index (χ1) is 10.8. The van der Waals surface area contributed by atoms with Gasteiger partial charge in [-0.1, -0.05) is 6.07 Å². The lowest BCUT2D eigenvalue weighted by atomic mass is 10.2. The smallest absolute Gasteiger partial charge is 0.241 e. The Hall–Kier alpha value is -0.850. The highest BCUT2D eigenvalue weighted by Crippen LogP contribution is 2.25. The summed E-state index contributed by atoms with van der Waals surface area (Å²) in [6.07, 6.45) is 0. The van der Waals surface area contributed by atoms with Gasteiger partial charge in [0.2, 0.25) is 5.91 Å². The zero-order valence-electron chi connectivity index (χ0n) is 12.9. The SMILES string of the molecule is COc1cccc(N2CCN(C3CSCCSC3)CC2=O)c1. The van der Waals surface area contributed by atoms with E-state index in [1.807, 2.05) is 52.7 Å². The zero-order valence-corrected chi connectivity index (χ0v) is 14.5. The lowest BCUT2D eigenvalue weighted by molar-refractivity contribution is -0.121. The van der Waals surface area contributed by atoms with Gasteiger partial charge in [-0.05, 0) is 12.1 Å². The number of methoxy groups -OCH3 is 1. The van der Waals surface area contributed by atoms with Gasteiger partial charge in [-0.3, -0.25) is 9.69 Å². The summed E-state index contributed by atoms with van der Waals surface area (Å²) >= 11 is 4.03. The van der Waals surface area contributed by atoms with Crippen LogP contribution in [0.4, 0.5) is 5.69 Å². The molecule has 6 heteroatoms. The van der Waals surface area contributed by atoms with Crippen LogP contribution in [0.1, 0.15) is 0 Å². The van der Waals surface area contributed by atoms with E-state index in [0.717, 1.165) is 36.0 Å². The molecule has 0 atom stereocenters. The molecule has 2 aliphatic heterocycles. The van der Waals surface area contributed by atoms with Crippen LogP contribution in [0.3, 0.4) is 0 Å². The first-order valence-electron chi connectivity index (χ1n) is 7.62. The van der Waals surface area contributed by atoms with Gasteiger partial charge in [0.1, 0.15) is 5.75 Å². The normalized spacial score (nSPS) is 21.7. The molecule has 0 aliphatic carbocycles. The van der Waals surface area contributed by atoms with E-state index < -0.39 is 0 Å². The second kappa shape index (κ2) is 7.62. The molecule has 2 fully saturated rings. The maximum atomic E-state index is 12.6. The molecule has 1 aromatic carbocycles. The molecular formula is C16H22N2O2S2. The van der Waals surface area contributed by atoms with Crippen LogP contribution in [-0.4, -0.2) is 66.6 Å². The summed E-state index contributed by atoms with van der Waals surface area (Å²) in [5.41, 5.74) is 0.939. The third kappa shape index (κ3) is 3.73. The topological polar surface area (TPSA) is 32.8 Å². The number of hydrogen-bond donors (Lipinski definition) is 0. The van der Waals surface area contributed by atoms with Gasteiger partial charge in [-0.2, -0.15) is 23.5 Å². The number of benzene rings is 1. The van der Waals surface area contributed by atoms with Gasteiger partial charge >= 0.3 is 0 Å². The summed E-state index contributed by atoms with van der Waals surface area (Å²) in [5, 5.41) is 0. The maximum absolute atomic E-state index is 12.6. The number of nitrogens with zero attached hydrogens (tertiary/aromatic N) is 2. The van der Waals surface area contributed by atoms with Crippen molar-refractivity contribution in [2.75, 3.05) is 54.7 Å². The molecular weight excluding hydrogens is 316 g/mol. The van der Waals surface area contributed by atoms with E-state index in [1.54, 1.807) is 7.11 Å². The number of carbonyl (C=O) groups excluding carboxylic acids is 1. The largest absolute Gasteiger partial charge is 0.497 e. The van der Waals surface area contributed by atoms with Crippen molar-refractivity contribution < 1.29 is 9.53 Å². The van der Waals surface area contributed by atoms with Gasteiger partial charge in [0, 0.05) is 53.9 Å². The number of carbonyl (C=O) groups is 1. The van der Waals surface area contributed by atoms with Crippen molar-refractivity contribution >= 4 is 35.1 Å². The molecule has 0 bridgehead atoms. The minimum absolute atomic E-state index is 0.193. The zero-order chi connectivity index (χ0) is 15.4. The Morgan fingerprint density at radius 2 is 1.95 bits per heavy atom. The van der Waals surface area contributed by atoms with Gasteiger partial charge in [-0.15, -0.1) is 0 Å². The van der Waals surface area contributed by atoms with Crippen molar-refractivity contribution in [3.63, 3.8) is 0 Å². The molecule has 0 N–H and O–H groups in total. The van der Waals surface area contributed by atoms with Gasteiger partial charge in [0.25, 0.3) is 0 Å². The predicted molar refractivity (Wildman–Crippen MR) is 95.4 cm³/mol. The third-order valence-corrected chi connectivity index (χ3v) is 6.61. The van der Waals surface area contributed by atoms with E-state index >= 15 is 0 Å². The fourth-order valence-electron chi connectivity index (χ4n) is 2.87. The number of piperazine rings is 1. The molecule has 1 aromatic rings. The molecule has 0 aromatic heterocycles. The average molecular weight is 338 g/mol. The van der Waals surface area contributed by atoms with Crippen LogP contribution in [0, 0.1) is 0 Å². The summed E-state index contributed by atoms with van der Waals surface area (Å²) in [7, 11) is 1.65. The molecule has 4 nitrogen and oxygen atoms in total. The van der Waals surface area contributed by atoms with Crippen LogP contribution in [-0.2, 0) is 4.79 Å². The molecule has 0 unspecified atom stereocenters. The Kier molecular flexibility index (Phi) is 5.55. The Morgan fingerprint density at radius 1 is 1.18 bits per heavy atom. The third-order valence-electron chi connectivity index (χ3n) is 4.12. The number of hydrogen-bond acceptors (Lipinski definition) is 5. The van der Waals surface area contributed by atoms with Crippen LogP contribution < -0.4 is 9.64 Å². The molecule has 0 radical (unpaired) electrons. The highest BCUT2D eigenvalue weighted by molar-refractivity contribution is 8.03. The lowest BCUT2D eigenvalue weighted by Gasteiger charge is -2.38. The number of ether oxygens (including phenoxy) is 1. The van der Waals surface area contributed by atoms with Crippen molar-refractivity contribution in [1.29, 1.82) is 0 Å². The van der Waals surface area contributed by atoms with Crippen molar-refractivity contribution in [2.45, 2.75) is 6.04 Å². The van der Waals surface area contributed by atoms with Crippen LogP contribution in [0.25, 0.3) is 0 Å². The van der Waals surface area contributed by atoms with E-state index in [-0.39, 0.29) is 5.91 Å². The summed E-state index contributed by atoms with van der Waals surface area (Å²) in [6.45, 7) is 2.25. The Bertz CT molecular complexity index is 519. The second-order valence-electron chi connectivity index (χ2n) is 5.52. The molecule has 120 valence electrons. The highest BCUT2D eigenvalue weighted by Gasteiger charge is 2.30. The molecule has 2 saturated heterocycles. The van der Waals surface area contributed by atoms with Crippen molar-refractivity contribution in [1.82, 2.24) is 4.90 Å². The molecule has 22 heavy (non-hydrogen) atoms. The number of thioether (sulfide) groups is 2. The fraction of sp³-hybridized carbons (Fsp3) is 0.562. The van der Waals surface area contributed by atoms with E-state index in [4.69, 9.17) is 4.74 Å². The predicted octanol–water partition coefficient (Wildman–Crippen LogP) is 2.19. The monoisotopic (exact) mass is 338 g/mol. The number of rotatable bonds is 3. The second-order valence-corrected chi connectivity index (χ2v) is 7.82.